The predicted octanol–water partition coefficient (Wildman–Crippen LogP) is 1.31. The van der Waals surface area contributed by atoms with Crippen molar-refractivity contribution in [3.8, 4) is 0 Å². The number of amides is 1. The monoisotopic (exact) mass is 335 g/mol. The van der Waals surface area contributed by atoms with Gasteiger partial charge in [0.15, 0.2) is 0 Å². The number of rotatable bonds is 3. The summed E-state index contributed by atoms with van der Waals surface area (Å²) in [5.41, 5.74) is 0. The molecule has 24 heavy (non-hydrogen) atoms. The third-order valence-corrected chi connectivity index (χ3v) is 5.49. The van der Waals surface area contributed by atoms with Gasteiger partial charge >= 0.3 is 0 Å². The zero-order chi connectivity index (χ0) is 17.3. The molecule has 0 aromatic carbocycles. The van der Waals surface area contributed by atoms with Gasteiger partial charge in [-0.05, 0) is 19.3 Å². The molecule has 3 rings (SSSR count). The van der Waals surface area contributed by atoms with Crippen molar-refractivity contribution in [3.05, 3.63) is 11.8 Å². The van der Waals surface area contributed by atoms with Crippen LogP contribution in [0.3, 0.4) is 0 Å². The van der Waals surface area contributed by atoms with Crippen LogP contribution in [-0.4, -0.2) is 76.1 Å². The highest BCUT2D eigenvalue weighted by molar-refractivity contribution is 5.73. The summed E-state index contributed by atoms with van der Waals surface area (Å²) in [6.45, 7) is 13.8. The van der Waals surface area contributed by atoms with E-state index in [4.69, 9.17) is 4.42 Å². The van der Waals surface area contributed by atoms with Gasteiger partial charge in [0, 0.05) is 59.2 Å². The topological polar surface area (TPSA) is 65.7 Å². The largest absolute Gasteiger partial charge is 0.424 e. The number of carbonyl (C=O) groups excluding carboxylic acids is 1. The third kappa shape index (κ3) is 3.62. The standard InChI is InChI=1S/C17H29N5O2/c1-12-10-22(13(2)17-19-18-14(3)24-17)11-16(12)21-7-5-6-20(8-9-21)15(4)23/h12-13,16H,5-11H2,1-4H3. The summed E-state index contributed by atoms with van der Waals surface area (Å²) in [7, 11) is 0. The maximum Gasteiger partial charge on any atom is 0.233 e. The highest BCUT2D eigenvalue weighted by Gasteiger charge is 2.37. The van der Waals surface area contributed by atoms with Crippen LogP contribution >= 0.6 is 0 Å². The van der Waals surface area contributed by atoms with Crippen molar-refractivity contribution in [1.29, 1.82) is 0 Å². The Morgan fingerprint density at radius 1 is 1.21 bits per heavy atom. The van der Waals surface area contributed by atoms with Gasteiger partial charge in [-0.3, -0.25) is 14.6 Å². The average Bonchev–Trinajstić information content (AvgIpc) is 3.04. The van der Waals surface area contributed by atoms with Gasteiger partial charge in [0.1, 0.15) is 0 Å². The van der Waals surface area contributed by atoms with E-state index in [9.17, 15) is 4.79 Å². The van der Waals surface area contributed by atoms with Crippen LogP contribution in [0.5, 0.6) is 0 Å². The van der Waals surface area contributed by atoms with E-state index in [-0.39, 0.29) is 11.9 Å². The lowest BCUT2D eigenvalue weighted by Gasteiger charge is -2.30. The van der Waals surface area contributed by atoms with Crippen molar-refractivity contribution in [2.45, 2.75) is 46.2 Å². The second kappa shape index (κ2) is 7.19. The summed E-state index contributed by atoms with van der Waals surface area (Å²) >= 11 is 0. The van der Waals surface area contributed by atoms with Gasteiger partial charge < -0.3 is 9.32 Å². The molecule has 0 bridgehead atoms. The van der Waals surface area contributed by atoms with E-state index >= 15 is 0 Å². The molecule has 3 heterocycles. The Morgan fingerprint density at radius 2 is 2.00 bits per heavy atom. The molecule has 2 aliphatic rings. The number of carbonyl (C=O) groups is 1. The fourth-order valence-corrected chi connectivity index (χ4v) is 4.00. The molecule has 3 atom stereocenters. The average molecular weight is 335 g/mol. The van der Waals surface area contributed by atoms with E-state index < -0.39 is 0 Å². The second-order valence-corrected chi connectivity index (χ2v) is 7.23. The van der Waals surface area contributed by atoms with Crippen LogP contribution in [-0.2, 0) is 4.79 Å². The van der Waals surface area contributed by atoms with Gasteiger partial charge in [0.2, 0.25) is 17.7 Å². The van der Waals surface area contributed by atoms with Crippen molar-refractivity contribution >= 4 is 5.91 Å². The normalized spacial score (nSPS) is 28.1. The predicted molar refractivity (Wildman–Crippen MR) is 90.4 cm³/mol. The molecule has 0 radical (unpaired) electrons. The molecule has 3 unspecified atom stereocenters. The second-order valence-electron chi connectivity index (χ2n) is 7.23. The van der Waals surface area contributed by atoms with Gasteiger partial charge in [0.05, 0.1) is 6.04 Å². The van der Waals surface area contributed by atoms with Crippen molar-refractivity contribution in [2.75, 3.05) is 39.3 Å². The molecule has 0 spiro atoms. The molecule has 2 aliphatic heterocycles. The molecular weight excluding hydrogens is 306 g/mol. The van der Waals surface area contributed by atoms with Crippen LogP contribution in [0.25, 0.3) is 0 Å². The minimum Gasteiger partial charge on any atom is -0.424 e. The first-order chi connectivity index (χ1) is 11.5. The fraction of sp³-hybridized carbons (Fsp3) is 0.824. The van der Waals surface area contributed by atoms with Crippen LogP contribution in [0.1, 0.15) is 45.0 Å². The van der Waals surface area contributed by atoms with Crippen LogP contribution in [0.4, 0.5) is 0 Å². The lowest BCUT2D eigenvalue weighted by Crippen LogP contribution is -2.43. The number of aryl methyl sites for hydroxylation is 1. The van der Waals surface area contributed by atoms with Crippen LogP contribution in [0.15, 0.2) is 4.42 Å². The highest BCUT2D eigenvalue weighted by Crippen LogP contribution is 2.29. The summed E-state index contributed by atoms with van der Waals surface area (Å²) in [5.74, 6) is 2.12. The number of likely N-dealkylation sites (tertiary alicyclic amines) is 1. The summed E-state index contributed by atoms with van der Waals surface area (Å²) < 4.78 is 5.61. The Bertz CT molecular complexity index is 575. The number of hydrogen-bond acceptors (Lipinski definition) is 6. The van der Waals surface area contributed by atoms with E-state index in [0.29, 0.717) is 23.7 Å². The van der Waals surface area contributed by atoms with Gasteiger partial charge in [0.25, 0.3) is 0 Å². The molecule has 0 saturated carbocycles. The fourth-order valence-electron chi connectivity index (χ4n) is 4.00. The molecular formula is C17H29N5O2. The Balaban J connectivity index is 1.62. The van der Waals surface area contributed by atoms with E-state index in [1.54, 1.807) is 6.92 Å². The van der Waals surface area contributed by atoms with Gasteiger partial charge in [-0.15, -0.1) is 10.2 Å². The van der Waals surface area contributed by atoms with Gasteiger partial charge in [-0.1, -0.05) is 6.92 Å². The van der Waals surface area contributed by atoms with E-state index in [1.165, 1.54) is 0 Å². The summed E-state index contributed by atoms with van der Waals surface area (Å²) in [6, 6.07) is 0.683. The Kier molecular flexibility index (Phi) is 5.20. The molecule has 7 nitrogen and oxygen atoms in total. The van der Waals surface area contributed by atoms with Crippen molar-refractivity contribution in [3.63, 3.8) is 0 Å². The molecule has 1 amide bonds. The molecule has 1 aromatic rings. The number of nitrogens with zero attached hydrogens (tertiary/aromatic N) is 5. The maximum absolute atomic E-state index is 11.6. The minimum atomic E-state index is 0.152. The first kappa shape index (κ1) is 17.4. The van der Waals surface area contributed by atoms with Crippen molar-refractivity contribution in [1.82, 2.24) is 24.9 Å². The van der Waals surface area contributed by atoms with Crippen molar-refractivity contribution in [2.24, 2.45) is 5.92 Å². The molecule has 1 aromatic heterocycles. The van der Waals surface area contributed by atoms with Crippen LogP contribution < -0.4 is 0 Å². The smallest absolute Gasteiger partial charge is 0.233 e. The van der Waals surface area contributed by atoms with E-state index in [0.717, 1.165) is 45.7 Å². The van der Waals surface area contributed by atoms with E-state index in [1.807, 2.05) is 11.8 Å². The Labute approximate surface area is 144 Å². The number of hydrogen-bond donors (Lipinski definition) is 0. The lowest BCUT2D eigenvalue weighted by atomic mass is 10.0. The van der Waals surface area contributed by atoms with Gasteiger partial charge in [-0.25, -0.2) is 0 Å². The van der Waals surface area contributed by atoms with Crippen LogP contribution in [0, 0.1) is 12.8 Å². The number of aromatic nitrogens is 2. The molecule has 7 heteroatoms. The molecule has 0 N–H and O–H groups in total. The minimum absolute atomic E-state index is 0.152. The molecule has 134 valence electrons. The Morgan fingerprint density at radius 3 is 2.67 bits per heavy atom. The summed E-state index contributed by atoms with van der Waals surface area (Å²) in [5, 5.41) is 8.13. The summed E-state index contributed by atoms with van der Waals surface area (Å²) in [6.07, 6.45) is 1.06. The molecule has 2 fully saturated rings. The van der Waals surface area contributed by atoms with Gasteiger partial charge in [-0.2, -0.15) is 0 Å². The highest BCUT2D eigenvalue weighted by atomic mass is 16.4. The molecule has 0 aliphatic carbocycles. The van der Waals surface area contributed by atoms with E-state index in [2.05, 4.69) is 33.8 Å². The zero-order valence-electron chi connectivity index (χ0n) is 15.2. The molecule has 2 saturated heterocycles. The zero-order valence-corrected chi connectivity index (χ0v) is 15.2. The SMILES string of the molecule is CC(=O)N1CCCN(C2CN(C(C)c3nnc(C)o3)CC2C)CC1. The lowest BCUT2D eigenvalue weighted by molar-refractivity contribution is -0.128. The third-order valence-electron chi connectivity index (χ3n) is 5.49. The summed E-state index contributed by atoms with van der Waals surface area (Å²) in [4.78, 5) is 18.6. The quantitative estimate of drug-likeness (QED) is 0.830. The van der Waals surface area contributed by atoms with Crippen molar-refractivity contribution < 1.29 is 9.21 Å². The van der Waals surface area contributed by atoms with Crippen LogP contribution in [0.2, 0.25) is 0 Å². The first-order valence-electron chi connectivity index (χ1n) is 8.99. The first-order valence-corrected chi connectivity index (χ1v) is 8.99. The Hall–Kier alpha value is -1.47. The maximum atomic E-state index is 11.6.